The van der Waals surface area contributed by atoms with Crippen LogP contribution in [-0.4, -0.2) is 50.0 Å². The molecule has 0 atom stereocenters. The highest BCUT2D eigenvalue weighted by atomic mass is 35.5. The zero-order chi connectivity index (χ0) is 14.6. The number of hydrogen-bond donors (Lipinski definition) is 3. The monoisotopic (exact) mass is 307 g/mol. The highest BCUT2D eigenvalue weighted by molar-refractivity contribution is 7.90. The molecule has 0 saturated heterocycles. The Labute approximate surface area is 115 Å². The predicted octanol–water partition coefficient (Wildman–Crippen LogP) is -0.173. The first-order chi connectivity index (χ1) is 8.79. The molecule has 3 N–H and O–H groups in total. The van der Waals surface area contributed by atoms with Gasteiger partial charge in [0.25, 0.3) is 5.91 Å². The van der Waals surface area contributed by atoms with Gasteiger partial charge in [0.15, 0.2) is 9.84 Å². The first-order valence-electron chi connectivity index (χ1n) is 5.31. The van der Waals surface area contributed by atoms with Crippen LogP contribution in [0.4, 0.5) is 0 Å². The van der Waals surface area contributed by atoms with Gasteiger partial charge in [0.05, 0.1) is 29.2 Å². The van der Waals surface area contributed by atoms with Crippen LogP contribution in [0.5, 0.6) is 0 Å². The van der Waals surface area contributed by atoms with Gasteiger partial charge in [-0.25, -0.2) is 8.42 Å². The topological polar surface area (TPSA) is 104 Å². The molecule has 8 heteroatoms. The molecule has 1 amide bonds. The molecule has 0 radical (unpaired) electrons. The number of amides is 1. The standard InChI is InChI=1S/C11H14ClNO5S/c1-19(17,18)10-4-7(2-3-9(10)12)11(16)13-8(5-14)6-15/h2-4,8,14-15H,5-6H2,1H3,(H,13,16). The lowest BCUT2D eigenvalue weighted by molar-refractivity contribution is 0.0879. The number of carbonyl (C=O) groups is 1. The molecule has 1 aromatic carbocycles. The van der Waals surface area contributed by atoms with Crippen LogP contribution < -0.4 is 5.32 Å². The fraction of sp³-hybridized carbons (Fsp3) is 0.364. The lowest BCUT2D eigenvalue weighted by Crippen LogP contribution is -2.40. The van der Waals surface area contributed by atoms with Crippen molar-refractivity contribution in [2.45, 2.75) is 10.9 Å². The minimum absolute atomic E-state index is 0.0277. The van der Waals surface area contributed by atoms with Crippen molar-refractivity contribution in [3.05, 3.63) is 28.8 Å². The quantitative estimate of drug-likeness (QED) is 0.700. The second kappa shape index (κ2) is 6.33. The largest absolute Gasteiger partial charge is 0.394 e. The van der Waals surface area contributed by atoms with Gasteiger partial charge in [-0.1, -0.05) is 11.6 Å². The lowest BCUT2D eigenvalue weighted by atomic mass is 10.2. The molecule has 1 rings (SSSR count). The van der Waals surface area contributed by atoms with Gasteiger partial charge in [-0.2, -0.15) is 0 Å². The van der Waals surface area contributed by atoms with Gasteiger partial charge < -0.3 is 15.5 Å². The third kappa shape index (κ3) is 4.17. The maximum absolute atomic E-state index is 11.8. The van der Waals surface area contributed by atoms with E-state index in [0.29, 0.717) is 0 Å². The van der Waals surface area contributed by atoms with E-state index in [-0.39, 0.29) is 15.5 Å². The molecule has 19 heavy (non-hydrogen) atoms. The summed E-state index contributed by atoms with van der Waals surface area (Å²) in [7, 11) is -3.54. The average molecular weight is 308 g/mol. The number of aliphatic hydroxyl groups excluding tert-OH is 2. The second-order valence-electron chi connectivity index (χ2n) is 3.95. The number of halogens is 1. The summed E-state index contributed by atoms with van der Waals surface area (Å²) in [6, 6.07) is 3.02. The van der Waals surface area contributed by atoms with Crippen LogP contribution in [0.15, 0.2) is 23.1 Å². The molecule has 0 bridgehead atoms. The third-order valence-electron chi connectivity index (χ3n) is 2.37. The maximum atomic E-state index is 11.8. The fourth-order valence-corrected chi connectivity index (χ4v) is 2.65. The van der Waals surface area contributed by atoms with Crippen LogP contribution in [0.1, 0.15) is 10.4 Å². The zero-order valence-electron chi connectivity index (χ0n) is 10.1. The van der Waals surface area contributed by atoms with E-state index in [9.17, 15) is 13.2 Å². The van der Waals surface area contributed by atoms with E-state index in [1.54, 1.807) is 0 Å². The molecular formula is C11H14ClNO5S. The van der Waals surface area contributed by atoms with Gasteiger partial charge in [0, 0.05) is 11.8 Å². The Bertz CT molecular complexity index is 568. The van der Waals surface area contributed by atoms with Crippen molar-refractivity contribution < 1.29 is 23.4 Å². The van der Waals surface area contributed by atoms with Gasteiger partial charge in [-0.05, 0) is 18.2 Å². The van der Waals surface area contributed by atoms with E-state index in [0.717, 1.165) is 12.3 Å². The smallest absolute Gasteiger partial charge is 0.251 e. The number of aliphatic hydroxyl groups is 2. The summed E-state index contributed by atoms with van der Waals surface area (Å²) in [4.78, 5) is 11.6. The van der Waals surface area contributed by atoms with Gasteiger partial charge >= 0.3 is 0 Å². The van der Waals surface area contributed by atoms with Crippen molar-refractivity contribution in [1.82, 2.24) is 5.32 Å². The Morgan fingerprint density at radius 2 is 1.95 bits per heavy atom. The Hall–Kier alpha value is -1.15. The Morgan fingerprint density at radius 3 is 2.42 bits per heavy atom. The van der Waals surface area contributed by atoms with E-state index in [1.165, 1.54) is 12.1 Å². The summed E-state index contributed by atoms with van der Waals surface area (Å²) < 4.78 is 22.9. The van der Waals surface area contributed by atoms with E-state index in [1.807, 2.05) is 0 Å². The summed E-state index contributed by atoms with van der Waals surface area (Å²) in [5.74, 6) is -0.602. The molecule has 0 spiro atoms. The highest BCUT2D eigenvalue weighted by Crippen LogP contribution is 2.22. The molecule has 0 heterocycles. The summed E-state index contributed by atoms with van der Waals surface area (Å²) in [6.07, 6.45) is 0.986. The minimum Gasteiger partial charge on any atom is -0.394 e. The van der Waals surface area contributed by atoms with Crippen LogP contribution in [0.2, 0.25) is 5.02 Å². The van der Waals surface area contributed by atoms with Crippen LogP contribution in [0.25, 0.3) is 0 Å². The minimum atomic E-state index is -3.54. The number of benzene rings is 1. The van der Waals surface area contributed by atoms with Crippen LogP contribution in [-0.2, 0) is 9.84 Å². The molecule has 0 saturated carbocycles. The molecule has 0 fully saturated rings. The molecule has 0 aliphatic carbocycles. The van der Waals surface area contributed by atoms with Crippen LogP contribution in [0, 0.1) is 0 Å². The summed E-state index contributed by atoms with van der Waals surface area (Å²) in [5.41, 5.74) is 0.0803. The molecule has 0 aliphatic rings. The lowest BCUT2D eigenvalue weighted by Gasteiger charge is -2.13. The Kier molecular flexibility index (Phi) is 5.30. The summed E-state index contributed by atoms with van der Waals surface area (Å²) in [6.45, 7) is -0.844. The van der Waals surface area contributed by atoms with Crippen LogP contribution in [0.3, 0.4) is 0 Å². The number of hydrogen-bond acceptors (Lipinski definition) is 5. The predicted molar refractivity (Wildman–Crippen MR) is 70.0 cm³/mol. The molecule has 0 unspecified atom stereocenters. The number of carbonyl (C=O) groups excluding carboxylic acids is 1. The summed E-state index contributed by atoms with van der Waals surface area (Å²) >= 11 is 5.75. The van der Waals surface area contributed by atoms with Crippen molar-refractivity contribution in [2.24, 2.45) is 0 Å². The Balaban J connectivity index is 3.06. The first kappa shape index (κ1) is 15.9. The fourth-order valence-electron chi connectivity index (χ4n) is 1.35. The Morgan fingerprint density at radius 1 is 1.37 bits per heavy atom. The van der Waals surface area contributed by atoms with Crippen molar-refractivity contribution in [3.63, 3.8) is 0 Å². The van der Waals surface area contributed by atoms with E-state index in [4.69, 9.17) is 21.8 Å². The maximum Gasteiger partial charge on any atom is 0.251 e. The van der Waals surface area contributed by atoms with Gasteiger partial charge in [0.2, 0.25) is 0 Å². The average Bonchev–Trinajstić information content (AvgIpc) is 2.34. The molecule has 0 aliphatic heterocycles. The number of nitrogens with one attached hydrogen (secondary N) is 1. The SMILES string of the molecule is CS(=O)(=O)c1cc(C(=O)NC(CO)CO)ccc1Cl. The molecule has 6 nitrogen and oxygen atoms in total. The molecular weight excluding hydrogens is 294 g/mol. The van der Waals surface area contributed by atoms with Gasteiger partial charge in [-0.15, -0.1) is 0 Å². The molecule has 1 aromatic rings. The van der Waals surface area contributed by atoms with E-state index in [2.05, 4.69) is 5.32 Å². The first-order valence-corrected chi connectivity index (χ1v) is 7.58. The van der Waals surface area contributed by atoms with Crippen LogP contribution >= 0.6 is 11.6 Å². The third-order valence-corrected chi connectivity index (χ3v) is 3.95. The second-order valence-corrected chi connectivity index (χ2v) is 6.34. The normalized spacial score (nSPS) is 11.6. The summed E-state index contributed by atoms with van der Waals surface area (Å²) in [5, 5.41) is 20.1. The van der Waals surface area contributed by atoms with Crippen molar-refractivity contribution in [2.75, 3.05) is 19.5 Å². The highest BCUT2D eigenvalue weighted by Gasteiger charge is 2.17. The van der Waals surface area contributed by atoms with E-state index < -0.39 is 35.0 Å². The molecule has 106 valence electrons. The number of rotatable bonds is 5. The molecule has 0 aromatic heterocycles. The van der Waals surface area contributed by atoms with E-state index >= 15 is 0 Å². The van der Waals surface area contributed by atoms with Crippen molar-refractivity contribution in [3.8, 4) is 0 Å². The van der Waals surface area contributed by atoms with Crippen molar-refractivity contribution >= 4 is 27.3 Å². The van der Waals surface area contributed by atoms with Gasteiger partial charge in [0.1, 0.15) is 0 Å². The number of sulfone groups is 1. The van der Waals surface area contributed by atoms with Crippen molar-refractivity contribution in [1.29, 1.82) is 0 Å². The zero-order valence-corrected chi connectivity index (χ0v) is 11.7. The van der Waals surface area contributed by atoms with Gasteiger partial charge in [-0.3, -0.25) is 4.79 Å².